The maximum Gasteiger partial charge on any atom is 0.191 e. The summed E-state index contributed by atoms with van der Waals surface area (Å²) in [5.41, 5.74) is 3.45. The van der Waals surface area contributed by atoms with E-state index in [4.69, 9.17) is 4.74 Å². The van der Waals surface area contributed by atoms with Gasteiger partial charge < -0.3 is 15.4 Å². The Balaban J connectivity index is 0.00000338. The van der Waals surface area contributed by atoms with Gasteiger partial charge in [-0.1, -0.05) is 18.2 Å². The minimum absolute atomic E-state index is 0. The zero-order valence-electron chi connectivity index (χ0n) is 16.0. The fourth-order valence-electron chi connectivity index (χ4n) is 2.40. The van der Waals surface area contributed by atoms with E-state index >= 15 is 0 Å². The van der Waals surface area contributed by atoms with E-state index in [-0.39, 0.29) is 30.1 Å². The van der Waals surface area contributed by atoms with Gasteiger partial charge in [-0.05, 0) is 56.5 Å². The molecule has 0 bridgehead atoms. The summed E-state index contributed by atoms with van der Waals surface area (Å²) < 4.78 is 5.92. The number of aromatic nitrogens is 1. The third-order valence-electron chi connectivity index (χ3n) is 3.79. The van der Waals surface area contributed by atoms with E-state index in [0.29, 0.717) is 6.54 Å². The molecule has 1 aromatic carbocycles. The van der Waals surface area contributed by atoms with Gasteiger partial charge in [0, 0.05) is 25.5 Å². The van der Waals surface area contributed by atoms with Crippen LogP contribution in [0.15, 0.2) is 47.6 Å². The number of benzene rings is 1. The third-order valence-corrected chi connectivity index (χ3v) is 3.79. The molecule has 26 heavy (non-hydrogen) atoms. The van der Waals surface area contributed by atoms with Crippen LogP contribution >= 0.6 is 24.0 Å². The Morgan fingerprint density at radius 1 is 1.19 bits per heavy atom. The van der Waals surface area contributed by atoms with Crippen molar-refractivity contribution >= 4 is 29.9 Å². The van der Waals surface area contributed by atoms with Gasteiger partial charge in [0.15, 0.2) is 5.96 Å². The molecule has 1 heterocycles. The van der Waals surface area contributed by atoms with Crippen molar-refractivity contribution in [3.8, 4) is 5.75 Å². The van der Waals surface area contributed by atoms with E-state index in [0.717, 1.165) is 30.4 Å². The number of guanidine groups is 1. The van der Waals surface area contributed by atoms with Crippen LogP contribution in [0.4, 0.5) is 0 Å². The van der Waals surface area contributed by atoms with Gasteiger partial charge in [0.2, 0.25) is 0 Å². The van der Waals surface area contributed by atoms with Gasteiger partial charge in [-0.25, -0.2) is 0 Å². The Labute approximate surface area is 173 Å². The van der Waals surface area contributed by atoms with E-state index in [1.807, 2.05) is 44.3 Å². The third kappa shape index (κ3) is 8.03. The van der Waals surface area contributed by atoms with Crippen LogP contribution in [0, 0.1) is 13.8 Å². The van der Waals surface area contributed by atoms with E-state index in [9.17, 15) is 0 Å². The topological polar surface area (TPSA) is 58.5 Å². The molecule has 5 nitrogen and oxygen atoms in total. The largest absolute Gasteiger partial charge is 0.489 e. The molecule has 2 N–H and O–H groups in total. The molecule has 0 aliphatic carbocycles. The Bertz CT molecular complexity index is 688. The lowest BCUT2D eigenvalue weighted by Gasteiger charge is -2.18. The molecular formula is C20H29IN4O. The monoisotopic (exact) mass is 468 g/mol. The molecule has 2 aromatic rings. The van der Waals surface area contributed by atoms with Crippen LogP contribution in [-0.2, 0) is 6.42 Å². The van der Waals surface area contributed by atoms with E-state index in [1.54, 1.807) is 7.05 Å². The summed E-state index contributed by atoms with van der Waals surface area (Å²) in [6.07, 6.45) is 2.87. The number of nitrogens with one attached hydrogen (secondary N) is 2. The number of ether oxygens (including phenoxy) is 1. The average Bonchev–Trinajstić information content (AvgIpc) is 2.59. The minimum atomic E-state index is 0. The lowest BCUT2D eigenvalue weighted by Crippen LogP contribution is -2.42. The molecule has 0 saturated carbocycles. The molecule has 2 rings (SSSR count). The second-order valence-electron chi connectivity index (χ2n) is 6.18. The predicted octanol–water partition coefficient (Wildman–Crippen LogP) is 3.49. The van der Waals surface area contributed by atoms with E-state index < -0.39 is 0 Å². The van der Waals surface area contributed by atoms with Gasteiger partial charge in [-0.3, -0.25) is 9.98 Å². The molecule has 0 spiro atoms. The SMILES string of the molecule is CN=C(NCCc1ccc(C)nc1)NCC(C)Oc1cccc(C)c1.I. The number of rotatable bonds is 7. The molecule has 1 aromatic heterocycles. The van der Waals surface area contributed by atoms with Gasteiger partial charge in [0.25, 0.3) is 0 Å². The summed E-state index contributed by atoms with van der Waals surface area (Å²) >= 11 is 0. The highest BCUT2D eigenvalue weighted by atomic mass is 127. The van der Waals surface area contributed by atoms with Gasteiger partial charge in [-0.2, -0.15) is 0 Å². The maximum atomic E-state index is 5.92. The van der Waals surface area contributed by atoms with Crippen LogP contribution in [0.25, 0.3) is 0 Å². The highest BCUT2D eigenvalue weighted by molar-refractivity contribution is 14.0. The molecule has 0 aliphatic heterocycles. The molecule has 0 fully saturated rings. The van der Waals surface area contributed by atoms with Crippen molar-refractivity contribution in [2.75, 3.05) is 20.1 Å². The molecule has 0 radical (unpaired) electrons. The standard InChI is InChI=1S/C20H28N4O.HI/c1-15-6-5-7-19(12-15)25-17(3)13-24-20(21-4)22-11-10-18-9-8-16(2)23-14-18;/h5-9,12,14,17H,10-11,13H2,1-4H3,(H2,21,22,24);1H. The van der Waals surface area contributed by atoms with Gasteiger partial charge in [0.1, 0.15) is 11.9 Å². The number of aryl methyl sites for hydroxylation is 2. The summed E-state index contributed by atoms with van der Waals surface area (Å²) in [5, 5.41) is 6.61. The van der Waals surface area contributed by atoms with Crippen LogP contribution in [0.3, 0.4) is 0 Å². The van der Waals surface area contributed by atoms with Crippen LogP contribution < -0.4 is 15.4 Å². The fraction of sp³-hybridized carbons (Fsp3) is 0.400. The molecule has 142 valence electrons. The smallest absolute Gasteiger partial charge is 0.191 e. The Morgan fingerprint density at radius 3 is 2.65 bits per heavy atom. The van der Waals surface area contributed by atoms with Gasteiger partial charge in [0.05, 0.1) is 6.54 Å². The molecule has 0 aliphatic rings. The first-order valence-corrected chi connectivity index (χ1v) is 8.66. The zero-order chi connectivity index (χ0) is 18.1. The van der Waals surface area contributed by atoms with Crippen molar-refractivity contribution < 1.29 is 4.74 Å². The summed E-state index contributed by atoms with van der Waals surface area (Å²) in [7, 11) is 1.77. The second kappa shape index (κ2) is 11.7. The average molecular weight is 468 g/mol. The summed E-state index contributed by atoms with van der Waals surface area (Å²) in [6.45, 7) is 7.58. The maximum absolute atomic E-state index is 5.92. The predicted molar refractivity (Wildman–Crippen MR) is 119 cm³/mol. The second-order valence-corrected chi connectivity index (χ2v) is 6.18. The van der Waals surface area contributed by atoms with Crippen LogP contribution in [0.2, 0.25) is 0 Å². The Morgan fingerprint density at radius 2 is 2.00 bits per heavy atom. The molecule has 0 saturated heterocycles. The minimum Gasteiger partial charge on any atom is -0.489 e. The first-order valence-electron chi connectivity index (χ1n) is 8.66. The lowest BCUT2D eigenvalue weighted by molar-refractivity contribution is 0.223. The van der Waals surface area contributed by atoms with Crippen molar-refractivity contribution in [3.63, 3.8) is 0 Å². The molecular weight excluding hydrogens is 439 g/mol. The Hall–Kier alpha value is -1.83. The Kier molecular flexibility index (Phi) is 10.0. The van der Waals surface area contributed by atoms with Crippen molar-refractivity contribution in [1.82, 2.24) is 15.6 Å². The van der Waals surface area contributed by atoms with E-state index in [1.165, 1.54) is 11.1 Å². The normalized spacial score (nSPS) is 12.1. The van der Waals surface area contributed by atoms with Crippen LogP contribution in [0.1, 0.15) is 23.7 Å². The fourth-order valence-corrected chi connectivity index (χ4v) is 2.40. The summed E-state index contributed by atoms with van der Waals surface area (Å²) in [6, 6.07) is 12.2. The number of aliphatic imine (C=N–C) groups is 1. The molecule has 0 amide bonds. The number of halogens is 1. The molecule has 1 unspecified atom stereocenters. The number of pyridine rings is 1. The van der Waals surface area contributed by atoms with Gasteiger partial charge >= 0.3 is 0 Å². The first kappa shape index (κ1) is 22.2. The number of hydrogen-bond donors (Lipinski definition) is 2. The zero-order valence-corrected chi connectivity index (χ0v) is 18.3. The van der Waals surface area contributed by atoms with Crippen molar-refractivity contribution in [2.45, 2.75) is 33.3 Å². The number of hydrogen-bond acceptors (Lipinski definition) is 3. The van der Waals surface area contributed by atoms with Crippen molar-refractivity contribution in [1.29, 1.82) is 0 Å². The van der Waals surface area contributed by atoms with E-state index in [2.05, 4.69) is 39.7 Å². The highest BCUT2D eigenvalue weighted by Crippen LogP contribution is 2.13. The quantitative estimate of drug-likeness (QED) is 0.371. The summed E-state index contributed by atoms with van der Waals surface area (Å²) in [4.78, 5) is 8.56. The van der Waals surface area contributed by atoms with Crippen LogP contribution in [0.5, 0.6) is 5.75 Å². The molecule has 6 heteroatoms. The van der Waals surface area contributed by atoms with Crippen molar-refractivity contribution in [2.24, 2.45) is 4.99 Å². The lowest BCUT2D eigenvalue weighted by atomic mass is 10.2. The first-order chi connectivity index (χ1) is 12.1. The van der Waals surface area contributed by atoms with Gasteiger partial charge in [-0.15, -0.1) is 24.0 Å². The van der Waals surface area contributed by atoms with Crippen LogP contribution in [-0.4, -0.2) is 37.2 Å². The van der Waals surface area contributed by atoms with Crippen molar-refractivity contribution in [3.05, 3.63) is 59.4 Å². The summed E-state index contributed by atoms with van der Waals surface area (Å²) in [5.74, 6) is 1.67. The molecule has 1 atom stereocenters. The number of nitrogens with zero attached hydrogens (tertiary/aromatic N) is 2. The highest BCUT2D eigenvalue weighted by Gasteiger charge is 2.06.